The van der Waals surface area contributed by atoms with E-state index >= 15 is 0 Å². The van der Waals surface area contributed by atoms with Gasteiger partial charge < -0.3 is 4.74 Å². The lowest BCUT2D eigenvalue weighted by molar-refractivity contribution is 0.457. The van der Waals surface area contributed by atoms with Crippen LogP contribution < -0.4 is 4.74 Å². The molecular formula is C14H14BrNO3S. The van der Waals surface area contributed by atoms with Crippen LogP contribution >= 0.6 is 15.9 Å². The zero-order valence-corrected chi connectivity index (χ0v) is 13.5. The van der Waals surface area contributed by atoms with E-state index in [1.165, 1.54) is 18.4 Å². The number of rotatable bonds is 4. The normalized spacial score (nSPS) is 11.3. The van der Waals surface area contributed by atoms with Crippen molar-refractivity contribution in [2.24, 2.45) is 0 Å². The fraction of sp³-hybridized carbons (Fsp3) is 0.214. The zero-order valence-electron chi connectivity index (χ0n) is 11.1. The minimum Gasteiger partial charge on any atom is -0.439 e. The molecule has 0 amide bonds. The molecule has 0 fully saturated rings. The van der Waals surface area contributed by atoms with E-state index in [0.29, 0.717) is 11.6 Å². The van der Waals surface area contributed by atoms with E-state index in [2.05, 4.69) is 20.9 Å². The molecule has 0 radical (unpaired) electrons. The van der Waals surface area contributed by atoms with Gasteiger partial charge in [0.1, 0.15) is 5.75 Å². The number of nitrogens with zero attached hydrogens (tertiary/aromatic N) is 1. The second kappa shape index (κ2) is 5.93. The Balaban J connectivity index is 2.31. The van der Waals surface area contributed by atoms with E-state index in [4.69, 9.17) is 4.74 Å². The summed E-state index contributed by atoms with van der Waals surface area (Å²) in [7, 11) is -3.25. The SMILES string of the molecule is Cc1cc(CBr)cnc1Oc1cccc(S(C)(=O)=O)c1. The third-order valence-electron chi connectivity index (χ3n) is 2.69. The maximum absolute atomic E-state index is 11.5. The van der Waals surface area contributed by atoms with Crippen molar-refractivity contribution in [3.05, 3.63) is 47.7 Å². The van der Waals surface area contributed by atoms with Crippen molar-refractivity contribution in [2.45, 2.75) is 17.1 Å². The number of benzene rings is 1. The summed E-state index contributed by atoms with van der Waals surface area (Å²) in [4.78, 5) is 4.46. The predicted octanol–water partition coefficient (Wildman–Crippen LogP) is 3.48. The molecule has 0 aliphatic rings. The van der Waals surface area contributed by atoms with Crippen molar-refractivity contribution in [1.29, 1.82) is 0 Å². The number of sulfone groups is 1. The average molecular weight is 356 g/mol. The quantitative estimate of drug-likeness (QED) is 0.787. The van der Waals surface area contributed by atoms with Crippen molar-refractivity contribution in [3.8, 4) is 11.6 Å². The smallest absolute Gasteiger partial charge is 0.222 e. The van der Waals surface area contributed by atoms with Gasteiger partial charge in [-0.1, -0.05) is 22.0 Å². The Morgan fingerprint density at radius 1 is 1.30 bits per heavy atom. The molecular weight excluding hydrogens is 342 g/mol. The van der Waals surface area contributed by atoms with E-state index in [-0.39, 0.29) is 4.90 Å². The highest BCUT2D eigenvalue weighted by Gasteiger charge is 2.10. The van der Waals surface area contributed by atoms with Crippen LogP contribution in [0, 0.1) is 6.92 Å². The summed E-state index contributed by atoms with van der Waals surface area (Å²) in [5, 5.41) is 0.727. The first-order valence-electron chi connectivity index (χ1n) is 5.89. The van der Waals surface area contributed by atoms with Crippen molar-refractivity contribution in [3.63, 3.8) is 0 Å². The molecule has 0 unspecified atom stereocenters. The summed E-state index contributed by atoms with van der Waals surface area (Å²) >= 11 is 3.37. The molecule has 0 atom stereocenters. The van der Waals surface area contributed by atoms with Crippen LogP contribution in [0.3, 0.4) is 0 Å². The molecule has 0 saturated carbocycles. The summed E-state index contributed by atoms with van der Waals surface area (Å²) in [6, 6.07) is 8.35. The van der Waals surface area contributed by atoms with Crippen molar-refractivity contribution < 1.29 is 13.2 Å². The Morgan fingerprint density at radius 2 is 2.05 bits per heavy atom. The maximum Gasteiger partial charge on any atom is 0.222 e. The number of pyridine rings is 1. The summed E-state index contributed by atoms with van der Waals surface area (Å²) in [6.07, 6.45) is 2.89. The molecule has 1 aromatic carbocycles. The monoisotopic (exact) mass is 355 g/mol. The van der Waals surface area contributed by atoms with Gasteiger partial charge in [-0.05, 0) is 36.8 Å². The molecule has 106 valence electrons. The van der Waals surface area contributed by atoms with Gasteiger partial charge in [-0.3, -0.25) is 0 Å². The van der Waals surface area contributed by atoms with Crippen LogP contribution in [0.2, 0.25) is 0 Å². The molecule has 0 N–H and O–H groups in total. The molecule has 0 aliphatic heterocycles. The highest BCUT2D eigenvalue weighted by atomic mass is 79.9. The van der Waals surface area contributed by atoms with E-state index in [9.17, 15) is 8.42 Å². The molecule has 20 heavy (non-hydrogen) atoms. The average Bonchev–Trinajstić information content (AvgIpc) is 2.40. The Hall–Kier alpha value is -1.40. The zero-order chi connectivity index (χ0) is 14.8. The Labute approximate surface area is 126 Å². The van der Waals surface area contributed by atoms with E-state index in [1.54, 1.807) is 18.3 Å². The van der Waals surface area contributed by atoms with Gasteiger partial charge in [-0.25, -0.2) is 13.4 Å². The third-order valence-corrected chi connectivity index (χ3v) is 4.45. The van der Waals surface area contributed by atoms with Crippen LogP contribution in [0.25, 0.3) is 0 Å². The number of aryl methyl sites for hydroxylation is 1. The molecule has 1 heterocycles. The van der Waals surface area contributed by atoms with Gasteiger partial charge in [0.25, 0.3) is 0 Å². The van der Waals surface area contributed by atoms with Gasteiger partial charge in [-0.2, -0.15) is 0 Å². The molecule has 2 aromatic rings. The van der Waals surface area contributed by atoms with Crippen LogP contribution in [0.1, 0.15) is 11.1 Å². The second-order valence-corrected chi connectivity index (χ2v) is 7.02. The van der Waals surface area contributed by atoms with Gasteiger partial charge in [-0.15, -0.1) is 0 Å². The first-order valence-corrected chi connectivity index (χ1v) is 8.91. The molecule has 6 heteroatoms. The summed E-state index contributed by atoms with van der Waals surface area (Å²) < 4.78 is 28.7. The van der Waals surface area contributed by atoms with Crippen LogP contribution in [0.5, 0.6) is 11.6 Å². The van der Waals surface area contributed by atoms with Crippen LogP contribution in [0.15, 0.2) is 41.4 Å². The highest BCUT2D eigenvalue weighted by Crippen LogP contribution is 2.25. The molecule has 0 spiro atoms. The van der Waals surface area contributed by atoms with Gasteiger partial charge in [0.15, 0.2) is 9.84 Å². The van der Waals surface area contributed by atoms with Crippen LogP contribution in [-0.2, 0) is 15.2 Å². The fourth-order valence-electron chi connectivity index (χ4n) is 1.68. The minimum absolute atomic E-state index is 0.227. The molecule has 0 saturated heterocycles. The van der Waals surface area contributed by atoms with E-state index < -0.39 is 9.84 Å². The first kappa shape index (κ1) is 15.0. The number of aromatic nitrogens is 1. The number of hydrogen-bond donors (Lipinski definition) is 0. The lowest BCUT2D eigenvalue weighted by atomic mass is 10.2. The highest BCUT2D eigenvalue weighted by molar-refractivity contribution is 9.08. The number of ether oxygens (including phenoxy) is 1. The molecule has 2 rings (SSSR count). The van der Waals surface area contributed by atoms with E-state index in [1.807, 2.05) is 13.0 Å². The second-order valence-electron chi connectivity index (χ2n) is 4.45. The molecule has 1 aromatic heterocycles. The van der Waals surface area contributed by atoms with Gasteiger partial charge in [0.05, 0.1) is 4.90 Å². The summed E-state index contributed by atoms with van der Waals surface area (Å²) in [5.74, 6) is 0.926. The standard InChI is InChI=1S/C14H14BrNO3S/c1-10-6-11(8-15)9-16-14(10)19-12-4-3-5-13(7-12)20(2,17)18/h3-7,9H,8H2,1-2H3. The third kappa shape index (κ3) is 3.58. The minimum atomic E-state index is -3.25. The van der Waals surface area contributed by atoms with Crippen LogP contribution in [0.4, 0.5) is 0 Å². The van der Waals surface area contributed by atoms with Gasteiger partial charge in [0, 0.05) is 23.3 Å². The number of alkyl halides is 1. The van der Waals surface area contributed by atoms with Crippen LogP contribution in [-0.4, -0.2) is 19.7 Å². The predicted molar refractivity (Wildman–Crippen MR) is 81.2 cm³/mol. The molecule has 0 bridgehead atoms. The first-order chi connectivity index (χ1) is 9.40. The van der Waals surface area contributed by atoms with Crippen molar-refractivity contribution >= 4 is 25.8 Å². The van der Waals surface area contributed by atoms with Crippen molar-refractivity contribution in [1.82, 2.24) is 4.98 Å². The largest absolute Gasteiger partial charge is 0.439 e. The Morgan fingerprint density at radius 3 is 2.65 bits per heavy atom. The number of hydrogen-bond acceptors (Lipinski definition) is 4. The van der Waals surface area contributed by atoms with Gasteiger partial charge >= 0.3 is 0 Å². The summed E-state index contributed by atoms with van der Waals surface area (Å²) in [6.45, 7) is 1.90. The lowest BCUT2D eigenvalue weighted by Gasteiger charge is -2.09. The van der Waals surface area contributed by atoms with Crippen molar-refractivity contribution in [2.75, 3.05) is 6.26 Å². The number of halogens is 1. The topological polar surface area (TPSA) is 56.3 Å². The maximum atomic E-state index is 11.5. The van der Waals surface area contributed by atoms with Gasteiger partial charge in [0.2, 0.25) is 5.88 Å². The molecule has 4 nitrogen and oxygen atoms in total. The summed E-state index contributed by atoms with van der Waals surface area (Å²) in [5.41, 5.74) is 1.95. The lowest BCUT2D eigenvalue weighted by Crippen LogP contribution is -1.98. The Kier molecular flexibility index (Phi) is 4.45. The molecule has 0 aliphatic carbocycles. The Bertz CT molecular complexity index is 729. The fourth-order valence-corrected chi connectivity index (χ4v) is 2.64. The van der Waals surface area contributed by atoms with E-state index in [0.717, 1.165) is 16.5 Å².